The zero-order chi connectivity index (χ0) is 21.3. The lowest BCUT2D eigenvalue weighted by atomic mass is 10.1. The lowest BCUT2D eigenvalue weighted by molar-refractivity contribution is -0.143. The summed E-state index contributed by atoms with van der Waals surface area (Å²) in [5.41, 5.74) is 2.28. The predicted octanol–water partition coefficient (Wildman–Crippen LogP) is 3.44. The number of carbonyl (C=O) groups excluding carboxylic acids is 3. The highest BCUT2D eigenvalue weighted by Gasteiger charge is 2.16. The number of nitrogens with zero attached hydrogens (tertiary/aromatic N) is 1. The van der Waals surface area contributed by atoms with Gasteiger partial charge in [-0.25, -0.2) is 0 Å². The molecule has 3 aromatic carbocycles. The Morgan fingerprint density at radius 2 is 1.47 bits per heavy atom. The van der Waals surface area contributed by atoms with E-state index in [1.54, 1.807) is 25.2 Å². The molecule has 0 spiro atoms. The average molecular weight is 402 g/mol. The fourth-order valence-electron chi connectivity index (χ4n) is 2.80. The van der Waals surface area contributed by atoms with Crippen LogP contribution in [-0.4, -0.2) is 31.4 Å². The molecule has 0 unspecified atom stereocenters. The molecule has 0 aliphatic carbocycles. The second-order valence-corrected chi connectivity index (χ2v) is 6.61. The van der Waals surface area contributed by atoms with Crippen molar-refractivity contribution in [3.05, 3.63) is 102 Å². The van der Waals surface area contributed by atoms with Crippen LogP contribution in [0.5, 0.6) is 0 Å². The lowest BCUT2D eigenvalue weighted by Gasteiger charge is -2.17. The smallest absolute Gasteiger partial charge is 0.325 e. The number of carbonyl (C=O) groups is 3. The molecule has 30 heavy (non-hydrogen) atoms. The van der Waals surface area contributed by atoms with E-state index >= 15 is 0 Å². The van der Waals surface area contributed by atoms with E-state index in [4.69, 9.17) is 4.74 Å². The third-order valence-corrected chi connectivity index (χ3v) is 4.46. The van der Waals surface area contributed by atoms with Crippen molar-refractivity contribution < 1.29 is 19.1 Å². The van der Waals surface area contributed by atoms with Crippen LogP contribution in [0.2, 0.25) is 0 Å². The number of esters is 1. The van der Waals surface area contributed by atoms with Crippen LogP contribution in [0.25, 0.3) is 0 Å². The maximum absolute atomic E-state index is 12.7. The van der Waals surface area contributed by atoms with E-state index in [0.29, 0.717) is 5.56 Å². The minimum absolute atomic E-state index is 0.144. The van der Waals surface area contributed by atoms with Crippen LogP contribution in [0.4, 0.5) is 5.69 Å². The molecule has 0 bridgehead atoms. The molecule has 0 heterocycles. The maximum Gasteiger partial charge on any atom is 0.325 e. The Kier molecular flexibility index (Phi) is 6.95. The van der Waals surface area contributed by atoms with Crippen molar-refractivity contribution in [2.24, 2.45) is 0 Å². The number of ether oxygens (including phenoxy) is 1. The van der Waals surface area contributed by atoms with E-state index < -0.39 is 11.9 Å². The van der Waals surface area contributed by atoms with Gasteiger partial charge in [-0.15, -0.1) is 0 Å². The first-order valence-electron chi connectivity index (χ1n) is 9.45. The molecule has 152 valence electrons. The van der Waals surface area contributed by atoms with Gasteiger partial charge in [0.05, 0.1) is 0 Å². The third kappa shape index (κ3) is 5.54. The summed E-state index contributed by atoms with van der Waals surface area (Å²) in [6, 6.07) is 24.9. The molecule has 3 aromatic rings. The van der Waals surface area contributed by atoms with Crippen molar-refractivity contribution in [1.29, 1.82) is 0 Å². The van der Waals surface area contributed by atoms with Crippen molar-refractivity contribution in [2.45, 2.75) is 6.61 Å². The van der Waals surface area contributed by atoms with Gasteiger partial charge in [-0.2, -0.15) is 0 Å². The number of benzene rings is 3. The molecule has 0 saturated carbocycles. The molecule has 6 nitrogen and oxygen atoms in total. The van der Waals surface area contributed by atoms with Crippen LogP contribution in [0.15, 0.2) is 84.9 Å². The summed E-state index contributed by atoms with van der Waals surface area (Å²) in [5.74, 6) is -1.23. The number of amides is 2. The summed E-state index contributed by atoms with van der Waals surface area (Å²) in [4.78, 5) is 38.5. The van der Waals surface area contributed by atoms with Crippen LogP contribution >= 0.6 is 0 Å². The summed E-state index contributed by atoms with van der Waals surface area (Å²) in [6.07, 6.45) is 0. The number of hydrogen-bond donors (Lipinski definition) is 1. The number of hydrogen-bond acceptors (Lipinski definition) is 4. The molecule has 0 aliphatic rings. The number of rotatable bonds is 7. The Balaban J connectivity index is 1.56. The van der Waals surface area contributed by atoms with Crippen molar-refractivity contribution >= 4 is 23.5 Å². The highest BCUT2D eigenvalue weighted by Crippen LogP contribution is 2.15. The highest BCUT2D eigenvalue weighted by atomic mass is 16.5. The number of anilines is 1. The fourth-order valence-corrected chi connectivity index (χ4v) is 2.80. The number of para-hydroxylation sites is 1. The van der Waals surface area contributed by atoms with Crippen LogP contribution < -0.4 is 10.2 Å². The Morgan fingerprint density at radius 3 is 2.17 bits per heavy atom. The molecule has 0 atom stereocenters. The van der Waals surface area contributed by atoms with Gasteiger partial charge in [-0.3, -0.25) is 14.4 Å². The van der Waals surface area contributed by atoms with Gasteiger partial charge in [0.25, 0.3) is 11.8 Å². The van der Waals surface area contributed by atoms with E-state index in [0.717, 1.165) is 11.3 Å². The van der Waals surface area contributed by atoms with Crippen LogP contribution in [0.1, 0.15) is 26.3 Å². The van der Waals surface area contributed by atoms with E-state index in [9.17, 15) is 14.4 Å². The average Bonchev–Trinajstić information content (AvgIpc) is 2.81. The molecule has 0 radical (unpaired) electrons. The molecule has 6 heteroatoms. The standard InChI is InChI=1S/C24H22N2O4/c1-26(21-13-6-3-7-14-21)24(29)20-12-8-11-19(15-20)23(28)25-16-22(27)30-17-18-9-4-2-5-10-18/h2-15H,16-17H2,1H3,(H,25,28). The first kappa shape index (κ1) is 20.8. The normalized spacial score (nSPS) is 10.2. The molecule has 0 aliphatic heterocycles. The summed E-state index contributed by atoms with van der Waals surface area (Å²) in [6.45, 7) is -0.112. The second-order valence-electron chi connectivity index (χ2n) is 6.61. The molecular formula is C24H22N2O4. The van der Waals surface area contributed by atoms with E-state index in [1.807, 2.05) is 60.7 Å². The van der Waals surface area contributed by atoms with Crippen molar-refractivity contribution in [3.63, 3.8) is 0 Å². The number of nitrogens with one attached hydrogen (secondary N) is 1. The van der Waals surface area contributed by atoms with E-state index in [-0.39, 0.29) is 24.6 Å². The second kappa shape index (κ2) is 10.0. The zero-order valence-electron chi connectivity index (χ0n) is 16.6. The van der Waals surface area contributed by atoms with E-state index in [2.05, 4.69) is 5.32 Å². The van der Waals surface area contributed by atoms with Crippen molar-refractivity contribution in [1.82, 2.24) is 5.32 Å². The highest BCUT2D eigenvalue weighted by molar-refractivity contribution is 6.07. The molecule has 0 aromatic heterocycles. The van der Waals surface area contributed by atoms with Gasteiger partial charge >= 0.3 is 5.97 Å². The molecule has 2 amide bonds. The minimum atomic E-state index is -0.539. The molecule has 0 saturated heterocycles. The fraction of sp³-hybridized carbons (Fsp3) is 0.125. The van der Waals surface area contributed by atoms with Gasteiger partial charge in [0.1, 0.15) is 13.2 Å². The molecule has 0 fully saturated rings. The largest absolute Gasteiger partial charge is 0.460 e. The lowest BCUT2D eigenvalue weighted by Crippen LogP contribution is -2.31. The van der Waals surface area contributed by atoms with Gasteiger partial charge in [0.2, 0.25) is 0 Å². The van der Waals surface area contributed by atoms with Gasteiger partial charge < -0.3 is 15.0 Å². The summed E-state index contributed by atoms with van der Waals surface area (Å²) in [7, 11) is 1.67. The summed E-state index contributed by atoms with van der Waals surface area (Å²) >= 11 is 0. The van der Waals surface area contributed by atoms with Gasteiger partial charge in [-0.05, 0) is 35.9 Å². The molecule has 3 rings (SSSR count). The molecular weight excluding hydrogens is 380 g/mol. The van der Waals surface area contributed by atoms with Gasteiger partial charge in [0, 0.05) is 23.9 Å². The quantitative estimate of drug-likeness (QED) is 0.615. The van der Waals surface area contributed by atoms with Crippen molar-refractivity contribution in [2.75, 3.05) is 18.5 Å². The minimum Gasteiger partial charge on any atom is -0.460 e. The Bertz CT molecular complexity index is 1020. The van der Waals surface area contributed by atoms with E-state index in [1.165, 1.54) is 11.0 Å². The van der Waals surface area contributed by atoms with Crippen molar-refractivity contribution in [3.8, 4) is 0 Å². The van der Waals surface area contributed by atoms with Crippen LogP contribution in [0, 0.1) is 0 Å². The van der Waals surface area contributed by atoms with Crippen LogP contribution in [-0.2, 0) is 16.1 Å². The maximum atomic E-state index is 12.7. The summed E-state index contributed by atoms with van der Waals surface area (Å²) in [5, 5.41) is 2.52. The zero-order valence-corrected chi connectivity index (χ0v) is 16.6. The molecule has 1 N–H and O–H groups in total. The Hall–Kier alpha value is -3.93. The topological polar surface area (TPSA) is 75.7 Å². The first-order chi connectivity index (χ1) is 14.5. The Labute approximate surface area is 175 Å². The first-order valence-corrected chi connectivity index (χ1v) is 9.45. The Morgan fingerprint density at radius 1 is 0.833 bits per heavy atom. The van der Waals surface area contributed by atoms with Gasteiger partial charge in [0.15, 0.2) is 0 Å². The SMILES string of the molecule is CN(C(=O)c1cccc(C(=O)NCC(=O)OCc2ccccc2)c1)c1ccccc1. The van der Waals surface area contributed by atoms with Gasteiger partial charge in [-0.1, -0.05) is 54.6 Å². The summed E-state index contributed by atoms with van der Waals surface area (Å²) < 4.78 is 5.14. The predicted molar refractivity (Wildman–Crippen MR) is 114 cm³/mol. The third-order valence-electron chi connectivity index (χ3n) is 4.46. The monoisotopic (exact) mass is 402 g/mol. The van der Waals surface area contributed by atoms with Crippen LogP contribution in [0.3, 0.4) is 0 Å².